The highest BCUT2D eigenvalue weighted by Gasteiger charge is 2.19. The zero-order valence-corrected chi connectivity index (χ0v) is 43.3. The maximum absolute atomic E-state index is 12.8. The Hall–Kier alpha value is -2.63. The molecule has 0 spiro atoms. The van der Waals surface area contributed by atoms with Crippen molar-refractivity contribution in [3.05, 3.63) is 48.6 Å². The Kier molecular flexibility index (Phi) is 51.8. The van der Waals surface area contributed by atoms with Crippen molar-refractivity contribution in [2.75, 3.05) is 13.2 Å². The van der Waals surface area contributed by atoms with Crippen molar-refractivity contribution in [2.45, 2.75) is 297 Å². The van der Waals surface area contributed by atoms with Gasteiger partial charge in [0.1, 0.15) is 13.2 Å². The second kappa shape index (κ2) is 54.0. The summed E-state index contributed by atoms with van der Waals surface area (Å²) in [6, 6.07) is 0. The summed E-state index contributed by atoms with van der Waals surface area (Å²) in [4.78, 5) is 38.0. The largest absolute Gasteiger partial charge is 0.462 e. The van der Waals surface area contributed by atoms with E-state index in [1.807, 2.05) is 0 Å². The van der Waals surface area contributed by atoms with Gasteiger partial charge >= 0.3 is 17.9 Å². The second-order valence-electron chi connectivity index (χ2n) is 18.8. The predicted octanol–water partition coefficient (Wildman–Crippen LogP) is 18.7. The lowest BCUT2D eigenvalue weighted by Crippen LogP contribution is -2.30. The lowest BCUT2D eigenvalue weighted by Gasteiger charge is -2.18. The minimum atomic E-state index is -0.774. The standard InChI is InChI=1S/C59H106O6/c1-4-7-10-13-16-19-21-23-25-27-29-31-33-35-37-40-43-46-49-52-58(61)64-55-56(54-63-57(60)51-48-45-42-39-18-15-12-9-6-3)65-59(62)53-50-47-44-41-38-36-34-32-30-28-26-24-22-20-17-14-11-8-5-2/h16-17,19-20,23-26,56H,4-15,18,21-22,27-55H2,1-3H3/b19-16-,20-17-,25-23-,26-24-. The van der Waals surface area contributed by atoms with E-state index in [9.17, 15) is 14.4 Å². The van der Waals surface area contributed by atoms with Crippen LogP contribution in [0.15, 0.2) is 48.6 Å². The Morgan fingerprint density at radius 3 is 0.877 bits per heavy atom. The van der Waals surface area contributed by atoms with Crippen LogP contribution < -0.4 is 0 Å². The van der Waals surface area contributed by atoms with Crippen molar-refractivity contribution in [1.29, 1.82) is 0 Å². The topological polar surface area (TPSA) is 78.9 Å². The Balaban J connectivity index is 4.28. The summed E-state index contributed by atoms with van der Waals surface area (Å²) in [5, 5.41) is 0. The highest BCUT2D eigenvalue weighted by molar-refractivity contribution is 5.71. The first kappa shape index (κ1) is 62.4. The maximum Gasteiger partial charge on any atom is 0.306 e. The Labute approximate surface area is 403 Å². The molecular weight excluding hydrogens is 805 g/mol. The molecule has 6 nitrogen and oxygen atoms in total. The first-order valence-electron chi connectivity index (χ1n) is 28.1. The third-order valence-corrected chi connectivity index (χ3v) is 12.3. The third kappa shape index (κ3) is 52.2. The first-order valence-corrected chi connectivity index (χ1v) is 28.1. The lowest BCUT2D eigenvalue weighted by molar-refractivity contribution is -0.167. The van der Waals surface area contributed by atoms with E-state index in [0.29, 0.717) is 19.3 Å². The zero-order chi connectivity index (χ0) is 47.2. The second-order valence-corrected chi connectivity index (χ2v) is 18.8. The van der Waals surface area contributed by atoms with Crippen LogP contribution in [0.25, 0.3) is 0 Å². The molecular formula is C59H106O6. The number of ether oxygens (including phenoxy) is 3. The number of allylic oxidation sites excluding steroid dienone is 8. The van der Waals surface area contributed by atoms with Crippen molar-refractivity contribution >= 4 is 17.9 Å². The van der Waals surface area contributed by atoms with E-state index in [4.69, 9.17) is 14.2 Å². The van der Waals surface area contributed by atoms with Gasteiger partial charge in [0.15, 0.2) is 6.10 Å². The molecule has 6 heteroatoms. The van der Waals surface area contributed by atoms with Crippen molar-refractivity contribution < 1.29 is 28.6 Å². The molecule has 65 heavy (non-hydrogen) atoms. The van der Waals surface area contributed by atoms with Crippen LogP contribution in [0, 0.1) is 0 Å². The molecule has 0 bridgehead atoms. The molecule has 0 radical (unpaired) electrons. The molecule has 0 saturated carbocycles. The molecule has 0 aromatic carbocycles. The SMILES string of the molecule is CCCCC/C=C\C/C=C\CCCCCCCCCCCC(=O)OCC(COC(=O)CCCCCCCCCCC)OC(=O)CCCCCCCCCCC/C=C\C/C=C\CCCCC. The van der Waals surface area contributed by atoms with Gasteiger partial charge in [0, 0.05) is 19.3 Å². The molecule has 0 fully saturated rings. The number of carbonyl (C=O) groups is 3. The van der Waals surface area contributed by atoms with Gasteiger partial charge in [-0.2, -0.15) is 0 Å². The molecule has 0 aliphatic rings. The summed E-state index contributed by atoms with van der Waals surface area (Å²) >= 11 is 0. The highest BCUT2D eigenvalue weighted by Crippen LogP contribution is 2.16. The number of unbranched alkanes of at least 4 members (excludes halogenated alkanes) is 32. The minimum absolute atomic E-state index is 0.0738. The minimum Gasteiger partial charge on any atom is -0.462 e. The van der Waals surface area contributed by atoms with Crippen molar-refractivity contribution in [1.82, 2.24) is 0 Å². The van der Waals surface area contributed by atoms with Crippen LogP contribution in [-0.2, 0) is 28.6 Å². The molecule has 0 aliphatic carbocycles. The molecule has 378 valence electrons. The Morgan fingerprint density at radius 2 is 0.554 bits per heavy atom. The van der Waals surface area contributed by atoms with Crippen LogP contribution in [-0.4, -0.2) is 37.2 Å². The smallest absolute Gasteiger partial charge is 0.306 e. The third-order valence-electron chi connectivity index (χ3n) is 12.3. The van der Waals surface area contributed by atoms with E-state index >= 15 is 0 Å². The fourth-order valence-electron chi connectivity index (χ4n) is 8.03. The maximum atomic E-state index is 12.8. The molecule has 0 aromatic heterocycles. The fraction of sp³-hybridized carbons (Fsp3) is 0.814. The van der Waals surface area contributed by atoms with Gasteiger partial charge in [0.05, 0.1) is 0 Å². The van der Waals surface area contributed by atoms with E-state index in [1.165, 1.54) is 180 Å². The normalized spacial score (nSPS) is 12.4. The van der Waals surface area contributed by atoms with Crippen LogP contribution in [0.4, 0.5) is 0 Å². The van der Waals surface area contributed by atoms with Crippen LogP contribution in [0.3, 0.4) is 0 Å². The number of hydrogen-bond acceptors (Lipinski definition) is 6. The Morgan fingerprint density at radius 1 is 0.308 bits per heavy atom. The van der Waals surface area contributed by atoms with E-state index in [-0.39, 0.29) is 31.1 Å². The van der Waals surface area contributed by atoms with Crippen LogP contribution >= 0.6 is 0 Å². The van der Waals surface area contributed by atoms with E-state index in [2.05, 4.69) is 69.4 Å². The van der Waals surface area contributed by atoms with Crippen LogP contribution in [0.1, 0.15) is 290 Å². The van der Waals surface area contributed by atoms with Gasteiger partial charge in [0.25, 0.3) is 0 Å². The Bertz CT molecular complexity index is 1140. The quantitative estimate of drug-likeness (QED) is 0.0262. The van der Waals surface area contributed by atoms with Gasteiger partial charge in [-0.1, -0.05) is 236 Å². The molecule has 0 rings (SSSR count). The van der Waals surface area contributed by atoms with Gasteiger partial charge in [-0.05, 0) is 83.5 Å². The zero-order valence-electron chi connectivity index (χ0n) is 43.3. The molecule has 0 heterocycles. The number of hydrogen-bond donors (Lipinski definition) is 0. The van der Waals surface area contributed by atoms with Crippen LogP contribution in [0.2, 0.25) is 0 Å². The summed E-state index contributed by atoms with van der Waals surface area (Å²) in [7, 11) is 0. The predicted molar refractivity (Wildman–Crippen MR) is 279 cm³/mol. The van der Waals surface area contributed by atoms with Crippen molar-refractivity contribution in [2.24, 2.45) is 0 Å². The highest BCUT2D eigenvalue weighted by atomic mass is 16.6. The fourth-order valence-corrected chi connectivity index (χ4v) is 8.03. The van der Waals surface area contributed by atoms with E-state index < -0.39 is 6.10 Å². The van der Waals surface area contributed by atoms with E-state index in [0.717, 1.165) is 70.6 Å². The lowest BCUT2D eigenvalue weighted by atomic mass is 10.1. The summed E-state index contributed by atoms with van der Waals surface area (Å²) in [5.41, 5.74) is 0. The first-order chi connectivity index (χ1) is 32.0. The van der Waals surface area contributed by atoms with Gasteiger partial charge in [-0.15, -0.1) is 0 Å². The summed E-state index contributed by atoms with van der Waals surface area (Å²) in [5.74, 6) is -0.874. The van der Waals surface area contributed by atoms with Gasteiger partial charge in [0.2, 0.25) is 0 Å². The van der Waals surface area contributed by atoms with Crippen molar-refractivity contribution in [3.8, 4) is 0 Å². The molecule has 1 atom stereocenters. The molecule has 0 N–H and O–H groups in total. The molecule has 0 aromatic rings. The molecule has 0 aliphatic heterocycles. The molecule has 0 saturated heterocycles. The average molecular weight is 911 g/mol. The summed E-state index contributed by atoms with van der Waals surface area (Å²) in [6.45, 7) is 6.59. The summed E-state index contributed by atoms with van der Waals surface area (Å²) < 4.78 is 16.8. The number of carbonyl (C=O) groups excluding carboxylic acids is 3. The van der Waals surface area contributed by atoms with Crippen LogP contribution in [0.5, 0.6) is 0 Å². The number of esters is 3. The van der Waals surface area contributed by atoms with Gasteiger partial charge < -0.3 is 14.2 Å². The van der Waals surface area contributed by atoms with Gasteiger partial charge in [-0.25, -0.2) is 0 Å². The monoisotopic (exact) mass is 911 g/mol. The molecule has 0 amide bonds. The van der Waals surface area contributed by atoms with Gasteiger partial charge in [-0.3, -0.25) is 14.4 Å². The molecule has 1 unspecified atom stereocenters. The van der Waals surface area contributed by atoms with E-state index in [1.54, 1.807) is 0 Å². The average Bonchev–Trinajstić information content (AvgIpc) is 3.30. The van der Waals surface area contributed by atoms with Crippen molar-refractivity contribution in [3.63, 3.8) is 0 Å². The number of rotatable bonds is 51. The summed E-state index contributed by atoms with van der Waals surface area (Å²) in [6.07, 6.45) is 65.3.